The second-order valence-corrected chi connectivity index (χ2v) is 6.41. The number of nitro benzene ring substituents is 1. The van der Waals surface area contributed by atoms with Gasteiger partial charge in [0.2, 0.25) is 0 Å². The molecule has 1 saturated carbocycles. The van der Waals surface area contributed by atoms with E-state index in [2.05, 4.69) is 12.2 Å². The molecule has 1 atom stereocenters. The zero-order valence-electron chi connectivity index (χ0n) is 12.1. The number of nitro groups is 1. The first-order valence-corrected chi connectivity index (χ1v) is 8.18. The van der Waals surface area contributed by atoms with Gasteiger partial charge in [-0.15, -0.1) is 0 Å². The normalized spacial score (nSPS) is 17.5. The summed E-state index contributed by atoms with van der Waals surface area (Å²) < 4.78 is 0. The van der Waals surface area contributed by atoms with Crippen molar-refractivity contribution >= 4 is 34.6 Å². The van der Waals surface area contributed by atoms with Gasteiger partial charge in [-0.2, -0.15) is 0 Å². The predicted octanol–water partition coefficient (Wildman–Crippen LogP) is 5.67. The molecule has 0 aliphatic heterocycles. The Bertz CT molecular complexity index is 493. The zero-order chi connectivity index (χ0) is 15.4. The Labute approximate surface area is 135 Å². The molecule has 1 unspecified atom stereocenters. The van der Waals surface area contributed by atoms with Crippen molar-refractivity contribution in [1.82, 2.24) is 0 Å². The van der Waals surface area contributed by atoms with Crippen LogP contribution in [-0.2, 0) is 0 Å². The summed E-state index contributed by atoms with van der Waals surface area (Å²) in [5.41, 5.74) is 0.530. The van der Waals surface area contributed by atoms with E-state index in [9.17, 15) is 10.1 Å². The number of nitrogens with one attached hydrogen (secondary N) is 1. The molecule has 0 radical (unpaired) electrons. The van der Waals surface area contributed by atoms with Crippen molar-refractivity contribution in [3.8, 4) is 0 Å². The second kappa shape index (κ2) is 7.32. The Hall–Kier alpha value is -1.00. The number of non-ortho nitro benzene ring substituents is 1. The summed E-state index contributed by atoms with van der Waals surface area (Å²) in [6.45, 7) is 2.14. The minimum absolute atomic E-state index is 0.0822. The molecule has 1 N–H and O–H groups in total. The van der Waals surface area contributed by atoms with Crippen LogP contribution in [0.15, 0.2) is 12.1 Å². The van der Waals surface area contributed by atoms with E-state index in [4.69, 9.17) is 23.2 Å². The van der Waals surface area contributed by atoms with Crippen LogP contribution in [0.4, 0.5) is 11.4 Å². The summed E-state index contributed by atoms with van der Waals surface area (Å²) in [4.78, 5) is 10.3. The minimum Gasteiger partial charge on any atom is -0.380 e. The van der Waals surface area contributed by atoms with Crippen LogP contribution >= 0.6 is 23.2 Å². The number of halogens is 2. The van der Waals surface area contributed by atoms with Crippen LogP contribution in [0.3, 0.4) is 0 Å². The number of anilines is 1. The van der Waals surface area contributed by atoms with Crippen molar-refractivity contribution in [2.24, 2.45) is 5.92 Å². The van der Waals surface area contributed by atoms with Crippen molar-refractivity contribution in [2.75, 3.05) is 5.32 Å². The monoisotopic (exact) mass is 330 g/mol. The van der Waals surface area contributed by atoms with Crippen molar-refractivity contribution in [1.29, 1.82) is 0 Å². The fraction of sp³-hybridized carbons (Fsp3) is 0.600. The highest BCUT2D eigenvalue weighted by Crippen LogP contribution is 2.37. The molecule has 0 aromatic heterocycles. The Morgan fingerprint density at radius 3 is 2.33 bits per heavy atom. The number of hydrogen-bond donors (Lipinski definition) is 1. The van der Waals surface area contributed by atoms with Crippen molar-refractivity contribution in [2.45, 2.75) is 51.5 Å². The Morgan fingerprint density at radius 2 is 1.86 bits per heavy atom. The van der Waals surface area contributed by atoms with Gasteiger partial charge < -0.3 is 5.32 Å². The molecule has 21 heavy (non-hydrogen) atoms. The van der Waals surface area contributed by atoms with Crippen LogP contribution in [-0.4, -0.2) is 11.0 Å². The van der Waals surface area contributed by atoms with Gasteiger partial charge in [-0.3, -0.25) is 10.1 Å². The molecule has 1 aliphatic rings. The Kier molecular flexibility index (Phi) is 5.71. The van der Waals surface area contributed by atoms with Gasteiger partial charge in [0.1, 0.15) is 0 Å². The summed E-state index contributed by atoms with van der Waals surface area (Å²) in [5.74, 6) is 0.617. The number of rotatable bonds is 5. The molecule has 0 amide bonds. The van der Waals surface area contributed by atoms with E-state index in [1.807, 2.05) is 0 Å². The van der Waals surface area contributed by atoms with Crippen molar-refractivity contribution < 1.29 is 4.92 Å². The van der Waals surface area contributed by atoms with Crippen LogP contribution in [0, 0.1) is 16.0 Å². The van der Waals surface area contributed by atoms with Gasteiger partial charge in [-0.25, -0.2) is 0 Å². The molecule has 1 fully saturated rings. The smallest absolute Gasteiger partial charge is 0.272 e. The quantitative estimate of drug-likeness (QED) is 0.558. The van der Waals surface area contributed by atoms with E-state index in [1.165, 1.54) is 44.2 Å². The van der Waals surface area contributed by atoms with Gasteiger partial charge in [0.15, 0.2) is 0 Å². The lowest BCUT2D eigenvalue weighted by atomic mass is 9.83. The SMILES string of the molecule is CCC(Nc1c(Cl)cc([N+](=O)[O-])cc1Cl)C1CCCCC1. The topological polar surface area (TPSA) is 55.2 Å². The third-order valence-electron chi connectivity index (χ3n) is 4.23. The van der Waals surface area contributed by atoms with E-state index in [0.29, 0.717) is 27.7 Å². The van der Waals surface area contributed by atoms with Gasteiger partial charge in [0, 0.05) is 18.2 Å². The molecular formula is C15H20Cl2N2O2. The largest absolute Gasteiger partial charge is 0.380 e. The van der Waals surface area contributed by atoms with Gasteiger partial charge in [-0.1, -0.05) is 49.4 Å². The Morgan fingerprint density at radius 1 is 1.29 bits per heavy atom. The maximum atomic E-state index is 10.8. The average molecular weight is 331 g/mol. The molecule has 2 rings (SSSR count). The minimum atomic E-state index is -0.486. The van der Waals surface area contributed by atoms with Gasteiger partial charge in [-0.05, 0) is 25.2 Å². The summed E-state index contributed by atoms with van der Waals surface area (Å²) in [7, 11) is 0. The summed E-state index contributed by atoms with van der Waals surface area (Å²) in [6.07, 6.45) is 7.26. The van der Waals surface area contributed by atoms with Crippen LogP contribution in [0.2, 0.25) is 10.0 Å². The number of nitrogens with zero attached hydrogens (tertiary/aromatic N) is 1. The van der Waals surface area contributed by atoms with E-state index in [-0.39, 0.29) is 5.69 Å². The fourth-order valence-corrected chi connectivity index (χ4v) is 3.66. The first-order chi connectivity index (χ1) is 10.0. The molecule has 1 aromatic carbocycles. The maximum absolute atomic E-state index is 10.8. The van der Waals surface area contributed by atoms with Crippen LogP contribution in [0.25, 0.3) is 0 Å². The van der Waals surface area contributed by atoms with E-state index >= 15 is 0 Å². The number of benzene rings is 1. The van der Waals surface area contributed by atoms with Gasteiger partial charge in [0.25, 0.3) is 5.69 Å². The molecule has 4 nitrogen and oxygen atoms in total. The van der Waals surface area contributed by atoms with Crippen LogP contribution in [0.5, 0.6) is 0 Å². The van der Waals surface area contributed by atoms with E-state index in [1.54, 1.807) is 0 Å². The van der Waals surface area contributed by atoms with E-state index < -0.39 is 4.92 Å². The predicted molar refractivity (Wildman–Crippen MR) is 87.4 cm³/mol. The molecule has 1 aliphatic carbocycles. The highest BCUT2D eigenvalue weighted by atomic mass is 35.5. The molecule has 0 saturated heterocycles. The molecule has 0 spiro atoms. The maximum Gasteiger partial charge on any atom is 0.272 e. The summed E-state index contributed by atoms with van der Waals surface area (Å²) >= 11 is 12.3. The van der Waals surface area contributed by atoms with Gasteiger partial charge >= 0.3 is 0 Å². The molecule has 0 heterocycles. The fourth-order valence-electron chi connectivity index (χ4n) is 3.08. The van der Waals surface area contributed by atoms with Crippen molar-refractivity contribution in [3.05, 3.63) is 32.3 Å². The second-order valence-electron chi connectivity index (χ2n) is 5.60. The first kappa shape index (κ1) is 16.4. The molecule has 1 aromatic rings. The third kappa shape index (κ3) is 4.01. The lowest BCUT2D eigenvalue weighted by Gasteiger charge is -2.31. The molecule has 6 heteroatoms. The van der Waals surface area contributed by atoms with Crippen LogP contribution in [0.1, 0.15) is 45.4 Å². The number of hydrogen-bond acceptors (Lipinski definition) is 3. The standard InChI is InChI=1S/C15H20Cl2N2O2/c1-2-14(10-6-4-3-5-7-10)18-15-12(16)8-11(19(20)21)9-13(15)17/h8-10,14,18H,2-7H2,1H3. The zero-order valence-corrected chi connectivity index (χ0v) is 13.6. The van der Waals surface area contributed by atoms with Crippen LogP contribution < -0.4 is 5.32 Å². The summed E-state index contributed by atoms with van der Waals surface area (Å²) in [6, 6.07) is 3.01. The Balaban J connectivity index is 2.18. The highest BCUT2D eigenvalue weighted by Gasteiger charge is 2.24. The van der Waals surface area contributed by atoms with Crippen molar-refractivity contribution in [3.63, 3.8) is 0 Å². The lowest BCUT2D eigenvalue weighted by molar-refractivity contribution is -0.384. The molecule has 0 bridgehead atoms. The molecule has 116 valence electrons. The third-order valence-corrected chi connectivity index (χ3v) is 4.82. The van der Waals surface area contributed by atoms with Gasteiger partial charge in [0.05, 0.1) is 20.7 Å². The lowest BCUT2D eigenvalue weighted by Crippen LogP contribution is -2.30. The summed E-state index contributed by atoms with van der Waals surface area (Å²) in [5, 5.41) is 14.8. The highest BCUT2D eigenvalue weighted by molar-refractivity contribution is 6.39. The molecular weight excluding hydrogens is 311 g/mol. The average Bonchev–Trinajstić information content (AvgIpc) is 2.47. The first-order valence-electron chi connectivity index (χ1n) is 7.43. The van der Waals surface area contributed by atoms with E-state index in [0.717, 1.165) is 6.42 Å².